The molecule has 0 bridgehead atoms. The number of aromatic nitrogens is 3. The fourth-order valence-electron chi connectivity index (χ4n) is 1.86. The molecule has 0 aliphatic carbocycles. The Bertz CT molecular complexity index is 491. The zero-order valence-electron chi connectivity index (χ0n) is 10.2. The van der Waals surface area contributed by atoms with Crippen LogP contribution in [-0.4, -0.2) is 21.8 Å². The smallest absolute Gasteiger partial charge is 0.0539 e. The molecule has 0 aromatic carbocycles. The molecule has 2 aromatic heterocycles. The summed E-state index contributed by atoms with van der Waals surface area (Å²) in [6.45, 7) is 1.31. The fourth-order valence-corrected chi connectivity index (χ4v) is 1.86. The quantitative estimate of drug-likeness (QED) is 0.849. The second-order valence-corrected chi connectivity index (χ2v) is 4.09. The lowest BCUT2D eigenvalue weighted by Gasteiger charge is -2.20. The van der Waals surface area contributed by atoms with Gasteiger partial charge in [-0.05, 0) is 6.07 Å². The molecule has 0 saturated carbocycles. The Labute approximate surface area is 101 Å². The van der Waals surface area contributed by atoms with Gasteiger partial charge in [0.25, 0.3) is 0 Å². The molecule has 0 saturated heterocycles. The first-order chi connectivity index (χ1) is 8.20. The normalized spacial score (nSPS) is 10.5. The second kappa shape index (κ2) is 4.97. The van der Waals surface area contributed by atoms with E-state index in [9.17, 15) is 0 Å². The van der Waals surface area contributed by atoms with Crippen molar-refractivity contribution in [3.63, 3.8) is 0 Å². The van der Waals surface area contributed by atoms with Crippen LogP contribution in [0.3, 0.4) is 0 Å². The summed E-state index contributed by atoms with van der Waals surface area (Å²) < 4.78 is 1.81. The van der Waals surface area contributed by atoms with Gasteiger partial charge >= 0.3 is 0 Å². The highest BCUT2D eigenvalue weighted by Crippen LogP contribution is 2.19. The van der Waals surface area contributed by atoms with Crippen molar-refractivity contribution in [1.82, 2.24) is 14.8 Å². The molecule has 2 rings (SSSR count). The van der Waals surface area contributed by atoms with Gasteiger partial charge in [0.15, 0.2) is 0 Å². The van der Waals surface area contributed by atoms with Crippen LogP contribution < -0.4 is 10.6 Å². The maximum Gasteiger partial charge on any atom is 0.0539 e. The number of aryl methyl sites for hydroxylation is 1. The number of nitrogens with zero attached hydrogens (tertiary/aromatic N) is 4. The Hall–Kier alpha value is -1.88. The summed E-state index contributed by atoms with van der Waals surface area (Å²) in [5.41, 5.74) is 9.05. The lowest BCUT2D eigenvalue weighted by Crippen LogP contribution is -2.18. The summed E-state index contributed by atoms with van der Waals surface area (Å²) in [5.74, 6) is 0. The molecule has 0 unspecified atom stereocenters. The van der Waals surface area contributed by atoms with E-state index < -0.39 is 0 Å². The number of hydrogen-bond acceptors (Lipinski definition) is 4. The maximum absolute atomic E-state index is 5.70. The average Bonchev–Trinajstić information content (AvgIpc) is 2.74. The molecule has 2 heterocycles. The first kappa shape index (κ1) is 11.6. The van der Waals surface area contributed by atoms with Gasteiger partial charge < -0.3 is 10.6 Å². The highest BCUT2D eigenvalue weighted by molar-refractivity contribution is 5.51. The van der Waals surface area contributed by atoms with Crippen molar-refractivity contribution in [2.75, 3.05) is 11.9 Å². The van der Waals surface area contributed by atoms with E-state index in [4.69, 9.17) is 5.73 Å². The Morgan fingerprint density at radius 2 is 2.24 bits per heavy atom. The van der Waals surface area contributed by atoms with Crippen molar-refractivity contribution in [1.29, 1.82) is 0 Å². The standard InChI is InChI=1S/C12H17N5/c1-16(8-10-6-15-17(2)9-10)12-3-4-14-7-11(12)5-13/h3-4,6-7,9H,5,8,13H2,1-2H3. The van der Waals surface area contributed by atoms with Gasteiger partial charge in [0.1, 0.15) is 0 Å². The van der Waals surface area contributed by atoms with E-state index in [1.54, 1.807) is 10.9 Å². The molecule has 5 nitrogen and oxygen atoms in total. The summed E-state index contributed by atoms with van der Waals surface area (Å²) in [6.07, 6.45) is 7.49. The number of hydrogen-bond donors (Lipinski definition) is 1. The molecule has 0 atom stereocenters. The van der Waals surface area contributed by atoms with Crippen molar-refractivity contribution in [2.24, 2.45) is 12.8 Å². The van der Waals surface area contributed by atoms with E-state index in [1.165, 1.54) is 5.56 Å². The molecule has 2 aromatic rings. The third-order valence-corrected chi connectivity index (χ3v) is 2.69. The maximum atomic E-state index is 5.70. The van der Waals surface area contributed by atoms with Gasteiger partial charge in [0.2, 0.25) is 0 Å². The monoisotopic (exact) mass is 231 g/mol. The number of pyridine rings is 1. The third kappa shape index (κ3) is 2.62. The minimum Gasteiger partial charge on any atom is -0.370 e. The van der Waals surface area contributed by atoms with Crippen LogP contribution in [0.1, 0.15) is 11.1 Å². The lowest BCUT2D eigenvalue weighted by molar-refractivity contribution is 0.766. The Kier molecular flexibility index (Phi) is 3.39. The van der Waals surface area contributed by atoms with Gasteiger partial charge in [-0.15, -0.1) is 0 Å². The van der Waals surface area contributed by atoms with Gasteiger partial charge in [-0.1, -0.05) is 0 Å². The fraction of sp³-hybridized carbons (Fsp3) is 0.333. The van der Waals surface area contributed by atoms with Crippen molar-refractivity contribution in [3.05, 3.63) is 42.0 Å². The van der Waals surface area contributed by atoms with Crippen molar-refractivity contribution in [2.45, 2.75) is 13.1 Å². The van der Waals surface area contributed by atoms with Crippen LogP contribution in [-0.2, 0) is 20.1 Å². The number of anilines is 1. The van der Waals surface area contributed by atoms with Crippen molar-refractivity contribution < 1.29 is 0 Å². The molecular weight excluding hydrogens is 214 g/mol. The summed E-state index contributed by atoms with van der Waals surface area (Å²) in [4.78, 5) is 6.24. The van der Waals surface area contributed by atoms with E-state index in [1.807, 2.05) is 38.8 Å². The van der Waals surface area contributed by atoms with Gasteiger partial charge in [0.05, 0.1) is 6.20 Å². The van der Waals surface area contributed by atoms with E-state index in [0.717, 1.165) is 17.8 Å². The molecular formula is C12H17N5. The second-order valence-electron chi connectivity index (χ2n) is 4.09. The highest BCUT2D eigenvalue weighted by atomic mass is 15.2. The zero-order chi connectivity index (χ0) is 12.3. The predicted octanol–water partition coefficient (Wildman–Crippen LogP) is 0.910. The summed E-state index contributed by atoms with van der Waals surface area (Å²) in [5, 5.41) is 4.16. The summed E-state index contributed by atoms with van der Waals surface area (Å²) in [6, 6.07) is 1.98. The topological polar surface area (TPSA) is 60.0 Å². The Morgan fingerprint density at radius 3 is 2.88 bits per heavy atom. The van der Waals surface area contributed by atoms with E-state index >= 15 is 0 Å². The first-order valence-corrected chi connectivity index (χ1v) is 5.52. The molecule has 0 radical (unpaired) electrons. The average molecular weight is 231 g/mol. The van der Waals surface area contributed by atoms with Crippen molar-refractivity contribution in [3.8, 4) is 0 Å². The molecule has 2 N–H and O–H groups in total. The van der Waals surface area contributed by atoms with Crippen LogP contribution in [0.4, 0.5) is 5.69 Å². The van der Waals surface area contributed by atoms with Crippen LogP contribution in [0, 0.1) is 0 Å². The van der Waals surface area contributed by atoms with Crippen LogP contribution in [0.2, 0.25) is 0 Å². The minimum absolute atomic E-state index is 0.501. The van der Waals surface area contributed by atoms with Crippen LogP contribution in [0.5, 0.6) is 0 Å². The highest BCUT2D eigenvalue weighted by Gasteiger charge is 2.07. The van der Waals surface area contributed by atoms with Gasteiger partial charge in [-0.25, -0.2) is 0 Å². The van der Waals surface area contributed by atoms with Gasteiger partial charge in [-0.2, -0.15) is 5.10 Å². The predicted molar refractivity (Wildman–Crippen MR) is 67.4 cm³/mol. The number of nitrogens with two attached hydrogens (primary N) is 1. The molecule has 90 valence electrons. The van der Waals surface area contributed by atoms with Crippen molar-refractivity contribution >= 4 is 5.69 Å². The summed E-state index contributed by atoms with van der Waals surface area (Å²) in [7, 11) is 3.96. The molecule has 17 heavy (non-hydrogen) atoms. The summed E-state index contributed by atoms with van der Waals surface area (Å²) >= 11 is 0. The molecule has 0 fully saturated rings. The number of rotatable bonds is 4. The van der Waals surface area contributed by atoms with Crippen LogP contribution in [0.25, 0.3) is 0 Å². The Morgan fingerprint density at radius 1 is 1.41 bits per heavy atom. The van der Waals surface area contributed by atoms with E-state index in [2.05, 4.69) is 15.0 Å². The SMILES string of the molecule is CN(Cc1cnn(C)c1)c1ccncc1CN. The first-order valence-electron chi connectivity index (χ1n) is 5.52. The van der Waals surface area contributed by atoms with E-state index in [-0.39, 0.29) is 0 Å². The Balaban J connectivity index is 2.16. The molecule has 0 spiro atoms. The molecule has 0 aliphatic rings. The van der Waals surface area contributed by atoms with Crippen LogP contribution >= 0.6 is 0 Å². The third-order valence-electron chi connectivity index (χ3n) is 2.69. The van der Waals surface area contributed by atoms with E-state index in [0.29, 0.717) is 6.54 Å². The molecule has 0 amide bonds. The molecule has 0 aliphatic heterocycles. The largest absolute Gasteiger partial charge is 0.370 e. The van der Waals surface area contributed by atoms with Crippen LogP contribution in [0.15, 0.2) is 30.9 Å². The minimum atomic E-state index is 0.501. The lowest BCUT2D eigenvalue weighted by atomic mass is 10.2. The zero-order valence-corrected chi connectivity index (χ0v) is 10.2. The van der Waals surface area contributed by atoms with Gasteiger partial charge in [0, 0.05) is 62.6 Å². The molecule has 5 heteroatoms. The van der Waals surface area contributed by atoms with Gasteiger partial charge in [-0.3, -0.25) is 9.67 Å².